The van der Waals surface area contributed by atoms with Gasteiger partial charge >= 0.3 is 5.97 Å². The Labute approximate surface area is 236 Å². The van der Waals surface area contributed by atoms with Gasteiger partial charge in [-0.3, -0.25) is 0 Å². The molecule has 0 fully saturated rings. The predicted molar refractivity (Wildman–Crippen MR) is 158 cm³/mol. The van der Waals surface area contributed by atoms with E-state index in [1.165, 1.54) is 0 Å². The Morgan fingerprint density at radius 3 is 1.60 bits per heavy atom. The molecule has 0 saturated carbocycles. The van der Waals surface area contributed by atoms with Gasteiger partial charge in [-0.2, -0.15) is 5.26 Å². The van der Waals surface area contributed by atoms with Crippen molar-refractivity contribution in [3.05, 3.63) is 121 Å². The van der Waals surface area contributed by atoms with Crippen molar-refractivity contribution in [2.75, 3.05) is 19.8 Å². The molecule has 4 aromatic rings. The molecule has 0 aliphatic heterocycles. The van der Waals surface area contributed by atoms with E-state index in [1.54, 1.807) is 12.1 Å². The van der Waals surface area contributed by atoms with Crippen LogP contribution in [0.5, 0.6) is 11.5 Å². The number of rotatable bonds is 14. The molecule has 0 saturated heterocycles. The fraction of sp³-hybridized carbons (Fsp3) is 0.200. The molecule has 202 valence electrons. The summed E-state index contributed by atoms with van der Waals surface area (Å²) >= 11 is 0. The van der Waals surface area contributed by atoms with Crippen molar-refractivity contribution in [3.8, 4) is 39.8 Å². The Balaban J connectivity index is 1.14. The molecular weight excluding hydrogens is 498 g/mol. The second kappa shape index (κ2) is 14.9. The minimum Gasteiger partial charge on any atom is -0.494 e. The highest BCUT2D eigenvalue weighted by Gasteiger charge is 2.08. The Morgan fingerprint density at radius 2 is 1.10 bits per heavy atom. The summed E-state index contributed by atoms with van der Waals surface area (Å²) < 4.78 is 17.0. The molecule has 5 heteroatoms. The maximum Gasteiger partial charge on any atom is 0.338 e. The summed E-state index contributed by atoms with van der Waals surface area (Å²) in [5.74, 6) is 1.31. The zero-order chi connectivity index (χ0) is 28.0. The number of nitrogens with zero attached hydrogens (tertiary/aromatic N) is 1. The van der Waals surface area contributed by atoms with Crippen LogP contribution >= 0.6 is 0 Å². The van der Waals surface area contributed by atoms with Crippen LogP contribution in [0.25, 0.3) is 22.3 Å². The van der Waals surface area contributed by atoms with Crippen LogP contribution in [0.4, 0.5) is 0 Å². The molecule has 0 amide bonds. The van der Waals surface area contributed by atoms with Crippen molar-refractivity contribution in [2.45, 2.75) is 25.7 Å². The lowest BCUT2D eigenvalue weighted by atomic mass is 10.0. The van der Waals surface area contributed by atoms with Crippen LogP contribution in [-0.4, -0.2) is 25.8 Å². The molecule has 5 nitrogen and oxygen atoms in total. The quantitative estimate of drug-likeness (QED) is 0.0931. The van der Waals surface area contributed by atoms with Gasteiger partial charge in [0.25, 0.3) is 0 Å². The van der Waals surface area contributed by atoms with E-state index in [1.807, 2.05) is 91.0 Å². The fourth-order valence-corrected chi connectivity index (χ4v) is 4.08. The van der Waals surface area contributed by atoms with Crippen molar-refractivity contribution in [1.29, 1.82) is 5.26 Å². The molecule has 0 unspecified atom stereocenters. The second-order valence-corrected chi connectivity index (χ2v) is 9.29. The molecule has 0 aliphatic carbocycles. The smallest absolute Gasteiger partial charge is 0.338 e. The van der Waals surface area contributed by atoms with Gasteiger partial charge in [0, 0.05) is 0 Å². The van der Waals surface area contributed by atoms with Crippen molar-refractivity contribution in [2.24, 2.45) is 0 Å². The van der Waals surface area contributed by atoms with Gasteiger partial charge < -0.3 is 14.2 Å². The highest BCUT2D eigenvalue weighted by molar-refractivity contribution is 5.90. The van der Waals surface area contributed by atoms with Crippen LogP contribution in [0.15, 0.2) is 110 Å². The number of carbonyl (C=O) groups excluding carboxylic acids is 1. The standard InChI is InChI=1S/C35H33NO4/c1-2-3-4-23-38-33-21-17-31(18-22-33)29-11-13-32(14-12-29)35(37)40-25-6-5-24-39-34-19-15-30(16-20-34)28-9-7-27(26-36)8-10-28/h2,7-22H,1,3-6,23-25H2. The average molecular weight is 532 g/mol. The van der Waals surface area contributed by atoms with E-state index < -0.39 is 0 Å². The summed E-state index contributed by atoms with van der Waals surface area (Å²) in [7, 11) is 0. The average Bonchev–Trinajstić information content (AvgIpc) is 3.01. The first-order valence-corrected chi connectivity index (χ1v) is 13.5. The number of unbranched alkanes of at least 4 members (excludes halogenated alkanes) is 2. The van der Waals surface area contributed by atoms with E-state index in [4.69, 9.17) is 19.5 Å². The minimum atomic E-state index is -0.325. The van der Waals surface area contributed by atoms with Crippen LogP contribution in [-0.2, 0) is 4.74 Å². The zero-order valence-corrected chi connectivity index (χ0v) is 22.6. The summed E-state index contributed by atoms with van der Waals surface area (Å²) in [6.45, 7) is 5.28. The van der Waals surface area contributed by atoms with Crippen molar-refractivity contribution in [3.63, 3.8) is 0 Å². The topological polar surface area (TPSA) is 68.6 Å². The van der Waals surface area contributed by atoms with Crippen LogP contribution in [0.3, 0.4) is 0 Å². The molecule has 0 radical (unpaired) electrons. The SMILES string of the molecule is C=CCCCOc1ccc(-c2ccc(C(=O)OCCCCOc3ccc(-c4ccc(C#N)cc4)cc3)cc2)cc1. The fourth-order valence-electron chi connectivity index (χ4n) is 4.08. The van der Waals surface area contributed by atoms with Crippen molar-refractivity contribution >= 4 is 5.97 Å². The predicted octanol–water partition coefficient (Wildman–Crippen LogP) is 8.25. The van der Waals surface area contributed by atoms with Gasteiger partial charge in [0.2, 0.25) is 0 Å². The highest BCUT2D eigenvalue weighted by Crippen LogP contribution is 2.24. The van der Waals surface area contributed by atoms with Gasteiger partial charge in [0.05, 0.1) is 37.0 Å². The van der Waals surface area contributed by atoms with Gasteiger partial charge in [-0.25, -0.2) is 4.79 Å². The molecule has 4 rings (SSSR count). The maximum absolute atomic E-state index is 12.4. The zero-order valence-electron chi connectivity index (χ0n) is 22.6. The van der Waals surface area contributed by atoms with Crippen molar-refractivity contribution in [1.82, 2.24) is 0 Å². The van der Waals surface area contributed by atoms with E-state index in [2.05, 4.69) is 12.6 Å². The Bertz CT molecular complexity index is 1400. The third-order valence-corrected chi connectivity index (χ3v) is 6.37. The first-order chi connectivity index (χ1) is 19.7. The largest absolute Gasteiger partial charge is 0.494 e. The summed E-state index contributed by atoms with van der Waals surface area (Å²) in [5, 5.41) is 8.93. The molecule has 0 atom stereocenters. The Hall–Kier alpha value is -4.82. The van der Waals surface area contributed by atoms with E-state index in [9.17, 15) is 4.79 Å². The lowest BCUT2D eigenvalue weighted by Gasteiger charge is -2.09. The van der Waals surface area contributed by atoms with Crippen LogP contribution in [0.2, 0.25) is 0 Å². The molecule has 0 N–H and O–H groups in total. The number of ether oxygens (including phenoxy) is 3. The van der Waals surface area contributed by atoms with E-state index in [0.29, 0.717) is 30.9 Å². The van der Waals surface area contributed by atoms with E-state index >= 15 is 0 Å². The normalized spacial score (nSPS) is 10.4. The number of allylic oxidation sites excluding steroid dienone is 1. The van der Waals surface area contributed by atoms with Gasteiger partial charge in [-0.1, -0.05) is 54.6 Å². The van der Waals surface area contributed by atoms with Gasteiger partial charge in [0.1, 0.15) is 11.5 Å². The van der Waals surface area contributed by atoms with Crippen LogP contribution < -0.4 is 9.47 Å². The second-order valence-electron chi connectivity index (χ2n) is 9.29. The molecular formula is C35H33NO4. The number of hydrogen-bond donors (Lipinski definition) is 0. The monoisotopic (exact) mass is 531 g/mol. The molecule has 0 bridgehead atoms. The summed E-state index contributed by atoms with van der Waals surface area (Å²) in [6.07, 6.45) is 5.28. The first kappa shape index (κ1) is 28.2. The minimum absolute atomic E-state index is 0.325. The molecule has 0 aliphatic rings. The molecule has 40 heavy (non-hydrogen) atoms. The molecule has 0 aromatic heterocycles. The maximum atomic E-state index is 12.4. The third kappa shape index (κ3) is 8.34. The Morgan fingerprint density at radius 1 is 0.650 bits per heavy atom. The Kier molecular flexibility index (Phi) is 10.5. The molecule has 4 aromatic carbocycles. The first-order valence-electron chi connectivity index (χ1n) is 13.5. The van der Waals surface area contributed by atoms with Gasteiger partial charge in [0.15, 0.2) is 0 Å². The van der Waals surface area contributed by atoms with Crippen LogP contribution in [0, 0.1) is 11.3 Å². The van der Waals surface area contributed by atoms with Crippen LogP contribution in [0.1, 0.15) is 41.6 Å². The summed E-state index contributed by atoms with van der Waals surface area (Å²) in [5.41, 5.74) is 5.38. The lowest BCUT2D eigenvalue weighted by molar-refractivity contribution is 0.0494. The van der Waals surface area contributed by atoms with Gasteiger partial charge in [-0.15, -0.1) is 6.58 Å². The summed E-state index contributed by atoms with van der Waals surface area (Å²) in [4.78, 5) is 12.4. The lowest BCUT2D eigenvalue weighted by Crippen LogP contribution is -2.07. The molecule has 0 heterocycles. The number of benzene rings is 4. The van der Waals surface area contributed by atoms with E-state index in [-0.39, 0.29) is 5.97 Å². The van der Waals surface area contributed by atoms with E-state index in [0.717, 1.165) is 59.4 Å². The third-order valence-electron chi connectivity index (χ3n) is 6.37. The molecule has 0 spiro atoms. The number of esters is 1. The number of nitriles is 1. The highest BCUT2D eigenvalue weighted by atomic mass is 16.5. The summed E-state index contributed by atoms with van der Waals surface area (Å²) in [6, 6.07) is 32.9. The van der Waals surface area contributed by atoms with Gasteiger partial charge in [-0.05, 0) is 96.5 Å². The number of hydrogen-bond acceptors (Lipinski definition) is 5. The van der Waals surface area contributed by atoms with Crippen molar-refractivity contribution < 1.29 is 19.0 Å². The number of carbonyl (C=O) groups is 1.